The number of aromatic nitrogens is 1. The summed E-state index contributed by atoms with van der Waals surface area (Å²) in [6, 6.07) is 1.90. The molecule has 2 rings (SSSR count). The molecule has 1 aromatic rings. The smallest absolute Gasteiger partial charge is 0.414 e. The first-order valence-electron chi connectivity index (χ1n) is 6.02. The van der Waals surface area contributed by atoms with Gasteiger partial charge in [-0.05, 0) is 45.2 Å². The fraction of sp³-hybridized carbons (Fsp3) is 0.538. The van der Waals surface area contributed by atoms with E-state index in [1.807, 2.05) is 26.8 Å². The number of anilines is 1. The summed E-state index contributed by atoms with van der Waals surface area (Å²) in [6.07, 6.45) is 3.13. The second kappa shape index (κ2) is 4.76. The molecule has 0 spiro atoms. The maximum absolute atomic E-state index is 12.1. The van der Waals surface area contributed by atoms with Crippen molar-refractivity contribution >= 4 is 23.4 Å². The van der Waals surface area contributed by atoms with Crippen LogP contribution >= 0.6 is 11.6 Å². The minimum Gasteiger partial charge on any atom is -0.443 e. The number of hydrogen-bond donors (Lipinski definition) is 0. The summed E-state index contributed by atoms with van der Waals surface area (Å²) >= 11 is 6.09. The van der Waals surface area contributed by atoms with Crippen LogP contribution in [0.4, 0.5) is 10.5 Å². The Morgan fingerprint density at radius 1 is 1.50 bits per heavy atom. The summed E-state index contributed by atoms with van der Waals surface area (Å²) in [5.41, 5.74) is 1.23. The average molecular weight is 269 g/mol. The molecular formula is C13H17ClN2O2. The highest BCUT2D eigenvalue weighted by Gasteiger charge is 2.29. The number of amides is 1. The lowest BCUT2D eigenvalue weighted by Crippen LogP contribution is -2.40. The summed E-state index contributed by atoms with van der Waals surface area (Å²) in [5, 5.41) is 0.359. The third-order valence-electron chi connectivity index (χ3n) is 2.67. The van der Waals surface area contributed by atoms with Crippen molar-refractivity contribution in [2.45, 2.75) is 39.2 Å². The molecule has 0 fully saturated rings. The lowest BCUT2D eigenvalue weighted by atomic mass is 10.0. The highest BCUT2D eigenvalue weighted by atomic mass is 35.5. The summed E-state index contributed by atoms with van der Waals surface area (Å²) in [4.78, 5) is 17.8. The van der Waals surface area contributed by atoms with Crippen molar-refractivity contribution in [2.75, 3.05) is 11.4 Å². The van der Waals surface area contributed by atoms with E-state index in [4.69, 9.17) is 16.3 Å². The van der Waals surface area contributed by atoms with Crippen LogP contribution in [0.25, 0.3) is 0 Å². The number of carbonyl (C=O) groups is 1. The molecule has 0 aromatic carbocycles. The van der Waals surface area contributed by atoms with Crippen LogP contribution in [0, 0.1) is 0 Å². The molecule has 0 saturated carbocycles. The van der Waals surface area contributed by atoms with Gasteiger partial charge in [0.05, 0.1) is 5.69 Å². The topological polar surface area (TPSA) is 42.4 Å². The van der Waals surface area contributed by atoms with Crippen molar-refractivity contribution in [3.63, 3.8) is 0 Å². The molecule has 0 N–H and O–H groups in total. The summed E-state index contributed by atoms with van der Waals surface area (Å²) < 4.78 is 5.39. The molecule has 1 aliphatic heterocycles. The van der Waals surface area contributed by atoms with Crippen LogP contribution in [0.5, 0.6) is 0 Å². The minimum absolute atomic E-state index is 0.359. The van der Waals surface area contributed by atoms with E-state index in [2.05, 4.69) is 4.98 Å². The lowest BCUT2D eigenvalue weighted by molar-refractivity contribution is 0.0577. The number of fused-ring (bicyclic) bond motifs is 1. The highest BCUT2D eigenvalue weighted by Crippen LogP contribution is 2.33. The molecule has 0 saturated heterocycles. The van der Waals surface area contributed by atoms with E-state index in [0.717, 1.165) is 18.4 Å². The number of halogens is 1. The summed E-state index contributed by atoms with van der Waals surface area (Å²) in [6.45, 7) is 6.16. The van der Waals surface area contributed by atoms with Gasteiger partial charge in [-0.25, -0.2) is 9.78 Å². The third-order valence-corrected chi connectivity index (χ3v) is 2.95. The van der Waals surface area contributed by atoms with E-state index in [1.54, 1.807) is 11.1 Å². The van der Waals surface area contributed by atoms with Gasteiger partial charge < -0.3 is 4.74 Å². The molecule has 0 atom stereocenters. The van der Waals surface area contributed by atoms with E-state index in [-0.39, 0.29) is 6.09 Å². The second-order valence-corrected chi connectivity index (χ2v) is 5.70. The molecule has 0 bridgehead atoms. The van der Waals surface area contributed by atoms with E-state index in [9.17, 15) is 4.79 Å². The number of nitrogens with zero attached hydrogens (tertiary/aromatic N) is 2. The van der Waals surface area contributed by atoms with E-state index in [1.165, 1.54) is 0 Å². The number of ether oxygens (including phenoxy) is 1. The predicted molar refractivity (Wildman–Crippen MR) is 71.1 cm³/mol. The van der Waals surface area contributed by atoms with E-state index < -0.39 is 5.60 Å². The Morgan fingerprint density at radius 2 is 2.22 bits per heavy atom. The number of carbonyl (C=O) groups excluding carboxylic acids is 1. The average Bonchev–Trinajstić information content (AvgIpc) is 2.26. The van der Waals surface area contributed by atoms with Crippen molar-refractivity contribution in [1.82, 2.24) is 4.98 Å². The van der Waals surface area contributed by atoms with Gasteiger partial charge in [0.2, 0.25) is 0 Å². The van der Waals surface area contributed by atoms with Crippen molar-refractivity contribution in [3.8, 4) is 0 Å². The molecule has 0 unspecified atom stereocenters. The molecular weight excluding hydrogens is 252 g/mol. The number of hydrogen-bond acceptors (Lipinski definition) is 3. The Labute approximate surface area is 112 Å². The zero-order chi connectivity index (χ0) is 13.3. The molecule has 4 nitrogen and oxygen atoms in total. The van der Waals surface area contributed by atoms with Gasteiger partial charge in [0.25, 0.3) is 0 Å². The quantitative estimate of drug-likeness (QED) is 0.677. The molecule has 18 heavy (non-hydrogen) atoms. The fourth-order valence-electron chi connectivity index (χ4n) is 1.99. The normalized spacial score (nSPS) is 15.2. The minimum atomic E-state index is -0.511. The molecule has 1 aromatic heterocycles. The van der Waals surface area contributed by atoms with Crippen LogP contribution in [0.2, 0.25) is 5.15 Å². The Hall–Kier alpha value is -1.29. The fourth-order valence-corrected chi connectivity index (χ4v) is 2.27. The van der Waals surface area contributed by atoms with Gasteiger partial charge in [-0.1, -0.05) is 11.6 Å². The van der Waals surface area contributed by atoms with Crippen LogP contribution in [0.15, 0.2) is 12.3 Å². The van der Waals surface area contributed by atoms with Crippen LogP contribution in [-0.4, -0.2) is 23.2 Å². The Kier molecular flexibility index (Phi) is 3.48. The van der Waals surface area contributed by atoms with Crippen LogP contribution < -0.4 is 4.90 Å². The predicted octanol–water partition coefficient (Wildman–Crippen LogP) is 3.42. The van der Waals surface area contributed by atoms with Gasteiger partial charge in [-0.3, -0.25) is 4.90 Å². The van der Waals surface area contributed by atoms with Gasteiger partial charge in [0.1, 0.15) is 5.60 Å². The van der Waals surface area contributed by atoms with Crippen LogP contribution in [0.1, 0.15) is 32.8 Å². The van der Waals surface area contributed by atoms with Crippen molar-refractivity contribution in [3.05, 3.63) is 23.0 Å². The SMILES string of the molecule is CC(C)(C)OC(=O)N1CCCc2ccnc(Cl)c21. The molecule has 98 valence electrons. The van der Waals surface area contributed by atoms with Gasteiger partial charge in [-0.15, -0.1) is 0 Å². The zero-order valence-corrected chi connectivity index (χ0v) is 11.6. The Morgan fingerprint density at radius 3 is 2.89 bits per heavy atom. The van der Waals surface area contributed by atoms with Gasteiger partial charge in [0, 0.05) is 12.7 Å². The maximum Gasteiger partial charge on any atom is 0.414 e. The molecule has 2 heterocycles. The van der Waals surface area contributed by atoms with Crippen LogP contribution in [0.3, 0.4) is 0 Å². The van der Waals surface area contributed by atoms with Gasteiger partial charge >= 0.3 is 6.09 Å². The Bertz CT molecular complexity index is 469. The summed E-state index contributed by atoms with van der Waals surface area (Å²) in [5.74, 6) is 0. The second-order valence-electron chi connectivity index (χ2n) is 5.35. The molecule has 0 aliphatic carbocycles. The van der Waals surface area contributed by atoms with E-state index in [0.29, 0.717) is 17.4 Å². The number of rotatable bonds is 0. The van der Waals surface area contributed by atoms with Gasteiger partial charge in [-0.2, -0.15) is 0 Å². The first-order chi connectivity index (χ1) is 8.38. The Balaban J connectivity index is 2.30. The molecule has 1 amide bonds. The monoisotopic (exact) mass is 268 g/mol. The first kappa shape index (κ1) is 13.1. The largest absolute Gasteiger partial charge is 0.443 e. The van der Waals surface area contributed by atoms with Crippen molar-refractivity contribution in [1.29, 1.82) is 0 Å². The van der Waals surface area contributed by atoms with Crippen molar-refractivity contribution < 1.29 is 9.53 Å². The van der Waals surface area contributed by atoms with E-state index >= 15 is 0 Å². The first-order valence-corrected chi connectivity index (χ1v) is 6.40. The lowest BCUT2D eigenvalue weighted by Gasteiger charge is -2.31. The summed E-state index contributed by atoms with van der Waals surface area (Å²) in [7, 11) is 0. The molecule has 1 aliphatic rings. The van der Waals surface area contributed by atoms with Crippen molar-refractivity contribution in [2.24, 2.45) is 0 Å². The zero-order valence-electron chi connectivity index (χ0n) is 10.9. The van der Waals surface area contributed by atoms with Crippen LogP contribution in [-0.2, 0) is 11.2 Å². The standard InChI is InChI=1S/C13H17ClN2O2/c1-13(2,3)18-12(17)16-8-4-5-9-6-7-15-11(14)10(9)16/h6-7H,4-5,8H2,1-3H3. The number of pyridine rings is 1. The molecule has 5 heteroatoms. The molecule has 0 radical (unpaired) electrons. The van der Waals surface area contributed by atoms with Gasteiger partial charge in [0.15, 0.2) is 5.15 Å². The number of aryl methyl sites for hydroxylation is 1. The third kappa shape index (κ3) is 2.75. The maximum atomic E-state index is 12.1. The highest BCUT2D eigenvalue weighted by molar-refractivity contribution is 6.32.